The van der Waals surface area contributed by atoms with Crippen LogP contribution < -0.4 is 0 Å². The van der Waals surface area contributed by atoms with Gasteiger partial charge in [-0.3, -0.25) is 0 Å². The zero-order valence-electron chi connectivity index (χ0n) is 14.7. The van der Waals surface area contributed by atoms with E-state index in [9.17, 15) is 9.59 Å². The van der Waals surface area contributed by atoms with Gasteiger partial charge in [0.05, 0.1) is 7.11 Å². The fraction of sp³-hybridized carbons (Fsp3) is 0.500. The first-order valence-corrected chi connectivity index (χ1v) is 7.97. The normalized spacial score (nSPS) is 14.8. The maximum Gasteiger partial charge on any atom is 0.410 e. The Balaban J connectivity index is 1.96. The maximum atomic E-state index is 12.0. The molecular weight excluding hydrogens is 308 g/mol. The van der Waals surface area contributed by atoms with Crippen molar-refractivity contribution in [3.8, 4) is 0 Å². The minimum atomic E-state index is -0.484. The molecule has 0 atom stereocenters. The van der Waals surface area contributed by atoms with Crippen molar-refractivity contribution >= 4 is 12.1 Å². The molecule has 1 aliphatic heterocycles. The second-order valence-electron chi connectivity index (χ2n) is 6.76. The van der Waals surface area contributed by atoms with Crippen molar-refractivity contribution in [1.82, 2.24) is 9.88 Å². The lowest BCUT2D eigenvalue weighted by atomic mass is 10.00. The molecule has 1 aliphatic rings. The number of ether oxygens (including phenoxy) is 2. The molecule has 0 unspecified atom stereocenters. The minimum Gasteiger partial charge on any atom is -0.464 e. The van der Waals surface area contributed by atoms with Crippen molar-refractivity contribution in [2.45, 2.75) is 39.2 Å². The molecule has 0 saturated carbocycles. The van der Waals surface area contributed by atoms with E-state index in [1.54, 1.807) is 17.2 Å². The van der Waals surface area contributed by atoms with Crippen LogP contribution in [0.2, 0.25) is 0 Å². The monoisotopic (exact) mass is 332 g/mol. The molecule has 0 aromatic carbocycles. The number of hydrogen-bond donors (Lipinski definition) is 0. The van der Waals surface area contributed by atoms with Gasteiger partial charge in [0.25, 0.3) is 0 Å². The van der Waals surface area contributed by atoms with Gasteiger partial charge in [-0.25, -0.2) is 14.6 Å². The molecule has 0 aliphatic carbocycles. The lowest BCUT2D eigenvalue weighted by Gasteiger charge is -2.29. The number of amides is 1. The summed E-state index contributed by atoms with van der Waals surface area (Å²) in [5.41, 5.74) is 2.06. The fourth-order valence-corrected chi connectivity index (χ4v) is 2.43. The third kappa shape index (κ3) is 5.08. The first-order chi connectivity index (χ1) is 11.3. The Morgan fingerprint density at radius 1 is 1.33 bits per heavy atom. The summed E-state index contributed by atoms with van der Waals surface area (Å²) < 4.78 is 10.1. The maximum absolute atomic E-state index is 12.0. The van der Waals surface area contributed by atoms with E-state index in [-0.39, 0.29) is 6.09 Å². The van der Waals surface area contributed by atoms with Gasteiger partial charge in [-0.1, -0.05) is 11.6 Å². The molecule has 1 aromatic rings. The molecule has 6 nitrogen and oxygen atoms in total. The number of rotatable bonds is 3. The Kier molecular flexibility index (Phi) is 5.59. The van der Waals surface area contributed by atoms with Crippen LogP contribution in [0.15, 0.2) is 30.0 Å². The van der Waals surface area contributed by atoms with Crippen molar-refractivity contribution in [3.05, 3.63) is 41.2 Å². The molecule has 1 aromatic heterocycles. The van der Waals surface area contributed by atoms with Crippen LogP contribution in [0.5, 0.6) is 0 Å². The smallest absolute Gasteiger partial charge is 0.410 e. The molecule has 0 saturated heterocycles. The molecule has 0 fully saturated rings. The number of carbonyl (C=O) groups is 2. The predicted octanol–water partition coefficient (Wildman–Crippen LogP) is 2.98. The third-order valence-electron chi connectivity index (χ3n) is 3.60. The van der Waals surface area contributed by atoms with Gasteiger partial charge in [-0.05, 0) is 51.3 Å². The van der Waals surface area contributed by atoms with Crippen LogP contribution in [0.1, 0.15) is 43.2 Å². The highest BCUT2D eigenvalue weighted by Gasteiger charge is 2.23. The van der Waals surface area contributed by atoms with Gasteiger partial charge >= 0.3 is 12.1 Å². The molecule has 2 rings (SSSR count). The van der Waals surface area contributed by atoms with E-state index in [2.05, 4.69) is 9.72 Å². The van der Waals surface area contributed by atoms with Crippen LogP contribution in [-0.2, 0) is 15.9 Å². The Labute approximate surface area is 142 Å². The Morgan fingerprint density at radius 2 is 2.08 bits per heavy atom. The second kappa shape index (κ2) is 7.47. The van der Waals surface area contributed by atoms with Crippen LogP contribution in [0.4, 0.5) is 4.79 Å². The van der Waals surface area contributed by atoms with Crippen molar-refractivity contribution in [1.29, 1.82) is 0 Å². The summed E-state index contributed by atoms with van der Waals surface area (Å²) in [4.78, 5) is 29.3. The van der Waals surface area contributed by atoms with Gasteiger partial charge in [-0.15, -0.1) is 0 Å². The van der Waals surface area contributed by atoms with E-state index in [4.69, 9.17) is 4.74 Å². The molecule has 6 heteroatoms. The van der Waals surface area contributed by atoms with E-state index in [1.165, 1.54) is 12.7 Å². The van der Waals surface area contributed by atoms with Gasteiger partial charge in [0.2, 0.25) is 0 Å². The Bertz CT molecular complexity index is 647. The molecule has 0 spiro atoms. The molecule has 0 N–H and O–H groups in total. The number of nitrogens with zero attached hydrogens (tertiary/aromatic N) is 2. The topological polar surface area (TPSA) is 68.7 Å². The highest BCUT2D eigenvalue weighted by atomic mass is 16.6. The van der Waals surface area contributed by atoms with E-state index in [1.807, 2.05) is 32.9 Å². The van der Waals surface area contributed by atoms with Gasteiger partial charge in [0.15, 0.2) is 0 Å². The molecular formula is C18H24N2O4. The van der Waals surface area contributed by atoms with E-state index in [0.29, 0.717) is 18.8 Å². The van der Waals surface area contributed by atoms with Gasteiger partial charge in [0, 0.05) is 19.3 Å². The van der Waals surface area contributed by atoms with E-state index >= 15 is 0 Å². The molecule has 0 bridgehead atoms. The summed E-state index contributed by atoms with van der Waals surface area (Å²) in [6.07, 6.45) is 4.89. The summed E-state index contributed by atoms with van der Waals surface area (Å²) >= 11 is 0. The summed E-state index contributed by atoms with van der Waals surface area (Å²) in [6, 6.07) is 3.63. The fourth-order valence-electron chi connectivity index (χ4n) is 2.43. The van der Waals surface area contributed by atoms with Crippen LogP contribution in [0.3, 0.4) is 0 Å². The standard InChI is InChI=1S/C18H24N2O4/c1-18(2,3)24-17(22)20-9-6-13(7-10-20)11-14-5-8-19-15(12-14)16(21)23-4/h5-6,8,12H,7,9-11H2,1-4H3. The third-order valence-corrected chi connectivity index (χ3v) is 3.60. The van der Waals surface area contributed by atoms with Crippen molar-refractivity contribution in [2.75, 3.05) is 20.2 Å². The first kappa shape index (κ1) is 18.0. The van der Waals surface area contributed by atoms with Gasteiger partial charge in [-0.2, -0.15) is 0 Å². The molecule has 2 heterocycles. The molecule has 130 valence electrons. The minimum absolute atomic E-state index is 0.283. The summed E-state index contributed by atoms with van der Waals surface area (Å²) in [6.45, 7) is 6.75. The first-order valence-electron chi connectivity index (χ1n) is 7.97. The SMILES string of the molecule is COC(=O)c1cc(CC2=CCN(C(=O)OC(C)(C)C)CC2)ccn1. The molecule has 1 amide bonds. The van der Waals surface area contributed by atoms with Crippen LogP contribution in [0, 0.1) is 0 Å². The van der Waals surface area contributed by atoms with Crippen molar-refractivity contribution in [2.24, 2.45) is 0 Å². The zero-order valence-corrected chi connectivity index (χ0v) is 14.7. The number of esters is 1. The van der Waals surface area contributed by atoms with Crippen LogP contribution in [-0.4, -0.2) is 47.7 Å². The van der Waals surface area contributed by atoms with E-state index in [0.717, 1.165) is 18.4 Å². The summed E-state index contributed by atoms with van der Waals surface area (Å²) in [5, 5.41) is 0. The number of pyridine rings is 1. The van der Waals surface area contributed by atoms with Gasteiger partial charge in [0.1, 0.15) is 11.3 Å². The predicted molar refractivity (Wildman–Crippen MR) is 89.8 cm³/mol. The lowest BCUT2D eigenvalue weighted by molar-refractivity contribution is 0.0265. The molecule has 0 radical (unpaired) electrons. The number of methoxy groups -OCH3 is 1. The average molecular weight is 332 g/mol. The zero-order chi connectivity index (χ0) is 17.7. The van der Waals surface area contributed by atoms with Crippen molar-refractivity contribution in [3.63, 3.8) is 0 Å². The van der Waals surface area contributed by atoms with Crippen LogP contribution in [0.25, 0.3) is 0 Å². The van der Waals surface area contributed by atoms with Crippen LogP contribution >= 0.6 is 0 Å². The highest BCUT2D eigenvalue weighted by molar-refractivity contribution is 5.87. The Hall–Kier alpha value is -2.37. The number of carbonyl (C=O) groups excluding carboxylic acids is 2. The summed E-state index contributed by atoms with van der Waals surface area (Å²) in [7, 11) is 1.34. The summed E-state index contributed by atoms with van der Waals surface area (Å²) in [5.74, 6) is -0.439. The average Bonchev–Trinajstić information content (AvgIpc) is 2.53. The quantitative estimate of drug-likeness (QED) is 0.629. The van der Waals surface area contributed by atoms with Gasteiger partial charge < -0.3 is 14.4 Å². The number of aromatic nitrogens is 1. The van der Waals surface area contributed by atoms with E-state index < -0.39 is 11.6 Å². The second-order valence-corrected chi connectivity index (χ2v) is 6.76. The number of hydrogen-bond acceptors (Lipinski definition) is 5. The van der Waals surface area contributed by atoms with Crippen molar-refractivity contribution < 1.29 is 19.1 Å². The highest BCUT2D eigenvalue weighted by Crippen LogP contribution is 2.19. The largest absolute Gasteiger partial charge is 0.464 e. The Morgan fingerprint density at radius 3 is 2.67 bits per heavy atom. The lowest BCUT2D eigenvalue weighted by Crippen LogP contribution is -2.39. The molecule has 24 heavy (non-hydrogen) atoms.